The third-order valence-corrected chi connectivity index (χ3v) is 4.61. The number of imide groups is 2. The van der Waals surface area contributed by atoms with Gasteiger partial charge in [-0.2, -0.15) is 0 Å². The number of nitrogens with zero attached hydrogens (tertiary/aromatic N) is 1. The van der Waals surface area contributed by atoms with Crippen molar-refractivity contribution in [3.63, 3.8) is 0 Å². The van der Waals surface area contributed by atoms with Gasteiger partial charge in [0, 0.05) is 5.56 Å². The van der Waals surface area contributed by atoms with Gasteiger partial charge in [0.2, 0.25) is 0 Å². The minimum absolute atomic E-state index is 0.106. The van der Waals surface area contributed by atoms with Gasteiger partial charge in [-0.3, -0.25) is 19.8 Å². The predicted molar refractivity (Wildman–Crippen MR) is 108 cm³/mol. The molecule has 1 saturated heterocycles. The number of hydrogen-bond donors (Lipinski definition) is 1. The molecule has 156 valence electrons. The number of barbiturate groups is 1. The highest BCUT2D eigenvalue weighted by Crippen LogP contribution is 2.24. The molecule has 31 heavy (non-hydrogen) atoms. The summed E-state index contributed by atoms with van der Waals surface area (Å²) in [5, 5.41) is 2.17. The molecule has 0 bridgehead atoms. The van der Waals surface area contributed by atoms with Crippen LogP contribution in [0.15, 0.2) is 76.9 Å². The van der Waals surface area contributed by atoms with Crippen molar-refractivity contribution in [2.75, 3.05) is 0 Å². The Morgan fingerprint density at radius 2 is 1.77 bits per heavy atom. The number of hydrogen-bond acceptors (Lipinski definition) is 5. The molecule has 7 nitrogen and oxygen atoms in total. The number of carbonyl (C=O) groups is 3. The molecule has 0 radical (unpaired) electrons. The zero-order valence-corrected chi connectivity index (χ0v) is 16.2. The summed E-state index contributed by atoms with van der Waals surface area (Å²) in [4.78, 5) is 38.2. The molecule has 0 spiro atoms. The number of rotatable bonds is 6. The average molecular weight is 420 g/mol. The number of furan rings is 1. The topological polar surface area (TPSA) is 88.9 Å². The van der Waals surface area contributed by atoms with Gasteiger partial charge in [0.15, 0.2) is 0 Å². The van der Waals surface area contributed by atoms with Crippen LogP contribution in [0, 0.1) is 5.82 Å². The van der Waals surface area contributed by atoms with Gasteiger partial charge < -0.3 is 9.15 Å². The molecule has 0 aliphatic carbocycles. The molecule has 1 N–H and O–H groups in total. The fourth-order valence-electron chi connectivity index (χ4n) is 3.02. The number of amides is 4. The molecule has 1 aliphatic heterocycles. The van der Waals surface area contributed by atoms with Gasteiger partial charge in [-0.25, -0.2) is 9.18 Å². The van der Waals surface area contributed by atoms with E-state index >= 15 is 0 Å². The number of benzene rings is 2. The van der Waals surface area contributed by atoms with Crippen LogP contribution in [0.3, 0.4) is 0 Å². The second kappa shape index (κ2) is 8.66. The Hall–Kier alpha value is -4.20. The molecule has 2 heterocycles. The Morgan fingerprint density at radius 3 is 2.52 bits per heavy atom. The van der Waals surface area contributed by atoms with Crippen molar-refractivity contribution in [3.8, 4) is 5.75 Å². The highest BCUT2D eigenvalue weighted by molar-refractivity contribution is 6.31. The summed E-state index contributed by atoms with van der Waals surface area (Å²) >= 11 is 0. The van der Waals surface area contributed by atoms with Gasteiger partial charge in [0.05, 0.1) is 12.8 Å². The van der Waals surface area contributed by atoms with Crippen molar-refractivity contribution in [2.45, 2.75) is 13.2 Å². The molecule has 3 aromatic rings. The minimum Gasteiger partial charge on any atom is -0.488 e. The average Bonchev–Trinajstić information content (AvgIpc) is 3.28. The molecule has 1 fully saturated rings. The molecule has 0 unspecified atom stereocenters. The summed E-state index contributed by atoms with van der Waals surface area (Å²) in [6.07, 6.45) is 2.80. The van der Waals surface area contributed by atoms with Crippen molar-refractivity contribution >= 4 is 23.9 Å². The SMILES string of the molecule is O=C1NC(=O)N(Cc2ccco2)C(=O)C1=Cc1ccccc1OCc1ccc(F)cc1. The Kier molecular flexibility index (Phi) is 5.61. The van der Waals surface area contributed by atoms with Crippen LogP contribution >= 0.6 is 0 Å². The van der Waals surface area contributed by atoms with Gasteiger partial charge in [-0.1, -0.05) is 30.3 Å². The maximum Gasteiger partial charge on any atom is 0.331 e. The van der Waals surface area contributed by atoms with Crippen LogP contribution in [0.1, 0.15) is 16.9 Å². The van der Waals surface area contributed by atoms with Gasteiger partial charge in [0.25, 0.3) is 11.8 Å². The van der Waals surface area contributed by atoms with E-state index in [1.807, 2.05) is 0 Å². The van der Waals surface area contributed by atoms with E-state index in [0.29, 0.717) is 17.1 Å². The maximum absolute atomic E-state index is 13.1. The van der Waals surface area contributed by atoms with E-state index in [4.69, 9.17) is 9.15 Å². The fraction of sp³-hybridized carbons (Fsp3) is 0.0870. The molecular formula is C23H17FN2O5. The third kappa shape index (κ3) is 4.53. The third-order valence-electron chi connectivity index (χ3n) is 4.61. The lowest BCUT2D eigenvalue weighted by Gasteiger charge is -2.25. The van der Waals surface area contributed by atoms with Crippen molar-refractivity contribution < 1.29 is 27.9 Å². The smallest absolute Gasteiger partial charge is 0.331 e. The van der Waals surface area contributed by atoms with Crippen LogP contribution in [0.5, 0.6) is 5.75 Å². The van der Waals surface area contributed by atoms with Gasteiger partial charge >= 0.3 is 6.03 Å². The zero-order chi connectivity index (χ0) is 21.8. The number of urea groups is 1. The van der Waals surface area contributed by atoms with Crippen LogP contribution < -0.4 is 10.1 Å². The van der Waals surface area contributed by atoms with Crippen LogP contribution in [-0.2, 0) is 22.7 Å². The standard InChI is InChI=1S/C23H17FN2O5/c24-17-9-7-15(8-10-17)14-31-20-6-2-1-4-16(20)12-19-21(27)25-23(29)26(22(19)28)13-18-5-3-11-30-18/h1-12H,13-14H2,(H,25,27,29). The molecule has 2 aromatic carbocycles. The summed E-state index contributed by atoms with van der Waals surface area (Å²) in [5.41, 5.74) is 1.03. The lowest BCUT2D eigenvalue weighted by Crippen LogP contribution is -2.53. The van der Waals surface area contributed by atoms with Gasteiger partial charge in [0.1, 0.15) is 29.5 Å². The molecule has 1 aliphatic rings. The Balaban J connectivity index is 1.57. The highest BCUT2D eigenvalue weighted by atomic mass is 19.1. The second-order valence-electron chi connectivity index (χ2n) is 6.74. The monoisotopic (exact) mass is 420 g/mol. The Bertz CT molecular complexity index is 1150. The Morgan fingerprint density at radius 1 is 1.00 bits per heavy atom. The molecule has 0 saturated carbocycles. The number of ether oxygens (including phenoxy) is 1. The van der Waals surface area contributed by atoms with Crippen LogP contribution in [0.25, 0.3) is 6.08 Å². The molecule has 0 atom stereocenters. The first-order chi connectivity index (χ1) is 15.0. The molecule has 4 rings (SSSR count). The summed E-state index contributed by atoms with van der Waals surface area (Å²) in [7, 11) is 0. The van der Waals surface area contributed by atoms with Crippen LogP contribution in [0.2, 0.25) is 0 Å². The number of carbonyl (C=O) groups excluding carboxylic acids is 3. The van der Waals surface area contributed by atoms with E-state index in [2.05, 4.69) is 5.32 Å². The number of halogens is 1. The van der Waals surface area contributed by atoms with Crippen molar-refractivity contribution in [1.82, 2.24) is 10.2 Å². The highest BCUT2D eigenvalue weighted by Gasteiger charge is 2.36. The summed E-state index contributed by atoms with van der Waals surface area (Å²) in [6, 6.07) is 15.2. The van der Waals surface area contributed by atoms with E-state index in [0.717, 1.165) is 10.5 Å². The van der Waals surface area contributed by atoms with E-state index in [-0.39, 0.29) is 24.5 Å². The quantitative estimate of drug-likeness (QED) is 0.486. The summed E-state index contributed by atoms with van der Waals surface area (Å²) in [6.45, 7) is 0.0642. The van der Waals surface area contributed by atoms with Crippen LogP contribution in [-0.4, -0.2) is 22.7 Å². The zero-order valence-electron chi connectivity index (χ0n) is 16.2. The molecule has 4 amide bonds. The maximum atomic E-state index is 13.1. The largest absolute Gasteiger partial charge is 0.488 e. The summed E-state index contributed by atoms with van der Waals surface area (Å²) in [5.74, 6) is -1.04. The first-order valence-electron chi connectivity index (χ1n) is 9.39. The lowest BCUT2D eigenvalue weighted by molar-refractivity contribution is -0.130. The van der Waals surface area contributed by atoms with Crippen LogP contribution in [0.4, 0.5) is 9.18 Å². The molecule has 1 aromatic heterocycles. The van der Waals surface area contributed by atoms with Gasteiger partial charge in [-0.15, -0.1) is 0 Å². The van der Waals surface area contributed by atoms with Gasteiger partial charge in [-0.05, 0) is 42.0 Å². The number of para-hydroxylation sites is 1. The van der Waals surface area contributed by atoms with E-state index < -0.39 is 17.8 Å². The molecule has 8 heteroatoms. The van der Waals surface area contributed by atoms with E-state index in [1.54, 1.807) is 48.5 Å². The first kappa shape index (κ1) is 20.1. The van der Waals surface area contributed by atoms with E-state index in [1.165, 1.54) is 24.5 Å². The molecular weight excluding hydrogens is 403 g/mol. The first-order valence-corrected chi connectivity index (χ1v) is 9.39. The van der Waals surface area contributed by atoms with E-state index in [9.17, 15) is 18.8 Å². The Labute approximate surface area is 176 Å². The number of nitrogens with one attached hydrogen (secondary N) is 1. The normalized spacial score (nSPS) is 15.3. The second-order valence-corrected chi connectivity index (χ2v) is 6.74. The predicted octanol–water partition coefficient (Wildman–Crippen LogP) is 3.66. The van der Waals surface area contributed by atoms with Crippen molar-refractivity contribution in [3.05, 3.63) is 95.2 Å². The van der Waals surface area contributed by atoms with Crippen molar-refractivity contribution in [2.24, 2.45) is 0 Å². The van der Waals surface area contributed by atoms with Crippen molar-refractivity contribution in [1.29, 1.82) is 0 Å². The minimum atomic E-state index is -0.815. The fourth-order valence-corrected chi connectivity index (χ4v) is 3.02. The lowest BCUT2D eigenvalue weighted by atomic mass is 10.1. The summed E-state index contributed by atoms with van der Waals surface area (Å²) < 4.78 is 24.1.